The quantitative estimate of drug-likeness (QED) is 0.574. The van der Waals surface area contributed by atoms with E-state index >= 15 is 0 Å². The Kier molecular flexibility index (Phi) is 3.54. The molecule has 0 atom stereocenters. The summed E-state index contributed by atoms with van der Waals surface area (Å²) >= 11 is 0. The number of benzene rings is 1. The monoisotopic (exact) mass is 220 g/mol. The molecule has 0 aromatic heterocycles. The zero-order valence-corrected chi connectivity index (χ0v) is 7.72. The molecule has 1 rings (SSSR count). The van der Waals surface area contributed by atoms with E-state index in [2.05, 4.69) is 9.47 Å². The van der Waals surface area contributed by atoms with Crippen LogP contribution in [0, 0.1) is 17.5 Å². The Morgan fingerprint density at radius 2 is 1.93 bits per heavy atom. The number of methoxy groups -OCH3 is 1. The molecule has 0 saturated carbocycles. The first-order valence-electron chi connectivity index (χ1n) is 3.89. The van der Waals surface area contributed by atoms with Crippen LogP contribution in [-0.4, -0.2) is 19.7 Å². The van der Waals surface area contributed by atoms with Crippen molar-refractivity contribution in [1.82, 2.24) is 0 Å². The number of carbonyl (C=O) groups is 1. The molecule has 1 aromatic rings. The minimum absolute atomic E-state index is 0.542. The van der Waals surface area contributed by atoms with Gasteiger partial charge < -0.3 is 9.47 Å². The third-order valence-electron chi connectivity index (χ3n) is 1.57. The summed E-state index contributed by atoms with van der Waals surface area (Å²) in [6, 6.07) is 1.59. The predicted octanol–water partition coefficient (Wildman–Crippen LogP) is 1.66. The maximum atomic E-state index is 12.9. The molecule has 6 heteroatoms. The Bertz CT molecular complexity index is 379. The van der Waals surface area contributed by atoms with Crippen molar-refractivity contribution in [2.24, 2.45) is 0 Å². The van der Waals surface area contributed by atoms with Gasteiger partial charge in [0.1, 0.15) is 0 Å². The molecule has 0 spiro atoms. The summed E-state index contributed by atoms with van der Waals surface area (Å²) in [6.45, 7) is -0.571. The minimum atomic E-state index is -1.64. The Balaban J connectivity index is 2.78. The molecule has 0 N–H and O–H groups in total. The third kappa shape index (κ3) is 2.61. The van der Waals surface area contributed by atoms with Crippen molar-refractivity contribution in [3.8, 4) is 5.75 Å². The van der Waals surface area contributed by atoms with E-state index in [0.29, 0.717) is 6.07 Å². The zero-order valence-electron chi connectivity index (χ0n) is 7.72. The SMILES string of the molecule is COC(=O)COc1ccc(F)c(F)c1F. The summed E-state index contributed by atoms with van der Waals surface area (Å²) in [5.74, 6) is -5.73. The second kappa shape index (κ2) is 4.68. The van der Waals surface area contributed by atoms with Crippen molar-refractivity contribution in [3.63, 3.8) is 0 Å². The molecule has 0 fully saturated rings. The maximum Gasteiger partial charge on any atom is 0.343 e. The lowest BCUT2D eigenvalue weighted by Gasteiger charge is -2.06. The molecule has 0 aliphatic rings. The number of ether oxygens (including phenoxy) is 2. The normalized spacial score (nSPS) is 9.87. The van der Waals surface area contributed by atoms with Gasteiger partial charge in [-0.25, -0.2) is 13.6 Å². The van der Waals surface area contributed by atoms with E-state index in [9.17, 15) is 18.0 Å². The Morgan fingerprint density at radius 1 is 1.27 bits per heavy atom. The van der Waals surface area contributed by atoms with Crippen molar-refractivity contribution in [2.45, 2.75) is 0 Å². The molecule has 0 aliphatic carbocycles. The second-order valence-electron chi connectivity index (χ2n) is 2.54. The van der Waals surface area contributed by atoms with Crippen molar-refractivity contribution in [2.75, 3.05) is 13.7 Å². The number of carbonyl (C=O) groups excluding carboxylic acids is 1. The molecule has 0 unspecified atom stereocenters. The van der Waals surface area contributed by atoms with Gasteiger partial charge in [-0.1, -0.05) is 0 Å². The molecule has 82 valence electrons. The Hall–Kier alpha value is -1.72. The van der Waals surface area contributed by atoms with Gasteiger partial charge in [-0.2, -0.15) is 4.39 Å². The molecular formula is C9H7F3O3. The Morgan fingerprint density at radius 3 is 2.53 bits per heavy atom. The highest BCUT2D eigenvalue weighted by Crippen LogP contribution is 2.21. The summed E-state index contributed by atoms with van der Waals surface area (Å²) in [5.41, 5.74) is 0. The average molecular weight is 220 g/mol. The van der Waals surface area contributed by atoms with Gasteiger partial charge in [0.25, 0.3) is 0 Å². The summed E-state index contributed by atoms with van der Waals surface area (Å²) in [7, 11) is 1.12. The molecule has 0 radical (unpaired) electrons. The van der Waals surface area contributed by atoms with Gasteiger partial charge in [0.2, 0.25) is 5.82 Å². The molecule has 1 aromatic carbocycles. The fourth-order valence-electron chi connectivity index (χ4n) is 0.815. The lowest BCUT2D eigenvalue weighted by molar-refractivity contribution is -0.142. The van der Waals surface area contributed by atoms with Crippen LogP contribution < -0.4 is 4.74 Å². The van der Waals surface area contributed by atoms with Crippen molar-refractivity contribution in [1.29, 1.82) is 0 Å². The number of hydrogen-bond acceptors (Lipinski definition) is 3. The molecule has 0 amide bonds. The maximum absolute atomic E-state index is 12.9. The molecule has 3 nitrogen and oxygen atoms in total. The van der Waals surface area contributed by atoms with Crippen LogP contribution in [0.15, 0.2) is 12.1 Å². The lowest BCUT2D eigenvalue weighted by Crippen LogP contribution is -2.13. The second-order valence-corrected chi connectivity index (χ2v) is 2.54. The smallest absolute Gasteiger partial charge is 0.343 e. The van der Waals surface area contributed by atoms with E-state index in [1.54, 1.807) is 0 Å². The van der Waals surface area contributed by atoms with Gasteiger partial charge in [-0.3, -0.25) is 0 Å². The van der Waals surface area contributed by atoms with Crippen LogP contribution in [0.1, 0.15) is 0 Å². The molecule has 15 heavy (non-hydrogen) atoms. The number of hydrogen-bond donors (Lipinski definition) is 0. The standard InChI is InChI=1S/C9H7F3O3/c1-14-7(13)4-15-6-3-2-5(10)8(11)9(6)12/h2-3H,4H2,1H3. The van der Waals surface area contributed by atoms with E-state index in [0.717, 1.165) is 13.2 Å². The van der Waals surface area contributed by atoms with Crippen LogP contribution in [0.2, 0.25) is 0 Å². The fraction of sp³-hybridized carbons (Fsp3) is 0.222. The van der Waals surface area contributed by atoms with Crippen LogP contribution in [0.25, 0.3) is 0 Å². The molecule has 0 saturated heterocycles. The molecular weight excluding hydrogens is 213 g/mol. The third-order valence-corrected chi connectivity index (χ3v) is 1.57. The van der Waals surface area contributed by atoms with E-state index in [4.69, 9.17) is 0 Å². The highest BCUT2D eigenvalue weighted by Gasteiger charge is 2.15. The molecule has 0 heterocycles. The summed E-state index contributed by atoms with van der Waals surface area (Å²) in [6.07, 6.45) is 0. The molecule has 0 bridgehead atoms. The number of rotatable bonds is 3. The van der Waals surface area contributed by atoms with Crippen molar-refractivity contribution >= 4 is 5.97 Å². The summed E-state index contributed by atoms with van der Waals surface area (Å²) in [5, 5.41) is 0. The van der Waals surface area contributed by atoms with Crippen LogP contribution >= 0.6 is 0 Å². The van der Waals surface area contributed by atoms with Gasteiger partial charge in [-0.05, 0) is 12.1 Å². The summed E-state index contributed by atoms with van der Waals surface area (Å²) < 4.78 is 46.8. The number of esters is 1. The van der Waals surface area contributed by atoms with Gasteiger partial charge in [0.15, 0.2) is 24.0 Å². The topological polar surface area (TPSA) is 35.5 Å². The zero-order chi connectivity index (χ0) is 11.4. The van der Waals surface area contributed by atoms with Crippen LogP contribution in [0.5, 0.6) is 5.75 Å². The highest BCUT2D eigenvalue weighted by molar-refractivity contribution is 5.70. The van der Waals surface area contributed by atoms with Gasteiger partial charge in [-0.15, -0.1) is 0 Å². The van der Waals surface area contributed by atoms with Gasteiger partial charge >= 0.3 is 5.97 Å². The molecule has 0 aliphatic heterocycles. The minimum Gasteiger partial charge on any atom is -0.479 e. The van der Waals surface area contributed by atoms with Gasteiger partial charge in [0.05, 0.1) is 7.11 Å². The first kappa shape index (κ1) is 11.4. The average Bonchev–Trinajstić information content (AvgIpc) is 2.24. The Labute approximate surface area is 83.4 Å². The van der Waals surface area contributed by atoms with E-state index < -0.39 is 35.8 Å². The van der Waals surface area contributed by atoms with Crippen LogP contribution in [-0.2, 0) is 9.53 Å². The van der Waals surface area contributed by atoms with E-state index in [1.165, 1.54) is 0 Å². The van der Waals surface area contributed by atoms with Crippen molar-refractivity contribution < 1.29 is 27.4 Å². The lowest BCUT2D eigenvalue weighted by atomic mass is 10.3. The predicted molar refractivity (Wildman–Crippen MR) is 43.8 cm³/mol. The summed E-state index contributed by atoms with van der Waals surface area (Å²) in [4.78, 5) is 10.6. The number of halogens is 3. The van der Waals surface area contributed by atoms with Crippen molar-refractivity contribution in [3.05, 3.63) is 29.6 Å². The van der Waals surface area contributed by atoms with Crippen LogP contribution in [0.4, 0.5) is 13.2 Å². The van der Waals surface area contributed by atoms with E-state index in [-0.39, 0.29) is 0 Å². The van der Waals surface area contributed by atoms with Crippen LogP contribution in [0.3, 0.4) is 0 Å². The fourth-order valence-corrected chi connectivity index (χ4v) is 0.815. The first-order chi connectivity index (χ1) is 7.06. The van der Waals surface area contributed by atoms with E-state index in [1.807, 2.05) is 0 Å². The highest BCUT2D eigenvalue weighted by atomic mass is 19.2. The largest absolute Gasteiger partial charge is 0.479 e. The van der Waals surface area contributed by atoms with Gasteiger partial charge in [0, 0.05) is 0 Å². The first-order valence-corrected chi connectivity index (χ1v) is 3.89.